The van der Waals surface area contributed by atoms with Crippen LogP contribution in [0.1, 0.15) is 21.1 Å². The van der Waals surface area contributed by atoms with Crippen LogP contribution in [0.25, 0.3) is 0 Å². The lowest BCUT2D eigenvalue weighted by Gasteiger charge is -1.99. The second-order valence-corrected chi connectivity index (χ2v) is 6.95. The number of thiazole rings is 1. The van der Waals surface area contributed by atoms with Crippen LogP contribution in [-0.2, 0) is 6.54 Å². The minimum atomic E-state index is -0.0352. The number of amides is 1. The van der Waals surface area contributed by atoms with Gasteiger partial charge < -0.3 is 5.32 Å². The van der Waals surface area contributed by atoms with Gasteiger partial charge in [0.2, 0.25) is 0 Å². The van der Waals surface area contributed by atoms with Crippen molar-refractivity contribution in [2.45, 2.75) is 13.5 Å². The maximum Gasteiger partial charge on any atom is 0.252 e. The summed E-state index contributed by atoms with van der Waals surface area (Å²) in [4.78, 5) is 16.0. The van der Waals surface area contributed by atoms with Gasteiger partial charge in [0.15, 0.2) is 0 Å². The van der Waals surface area contributed by atoms with Crippen molar-refractivity contribution in [2.24, 2.45) is 0 Å². The lowest BCUT2D eigenvalue weighted by Crippen LogP contribution is -2.22. The average molecular weight is 364 g/mol. The Bertz CT molecular complexity index is 506. The molecule has 0 aliphatic carbocycles. The number of nitrogens with zero attached hydrogens (tertiary/aromatic N) is 1. The highest BCUT2D eigenvalue weighted by molar-refractivity contribution is 14.1. The van der Waals surface area contributed by atoms with Gasteiger partial charge in [-0.3, -0.25) is 4.79 Å². The topological polar surface area (TPSA) is 42.0 Å². The fraction of sp³-hybridized carbons (Fsp3) is 0.200. The Labute approximate surface area is 115 Å². The number of aromatic nitrogens is 1. The molecule has 0 bridgehead atoms. The minimum Gasteiger partial charge on any atom is -0.345 e. The molecule has 0 unspecified atom stereocenters. The fourth-order valence-corrected chi connectivity index (χ4v) is 3.21. The molecular weight excluding hydrogens is 355 g/mol. The molecule has 84 valence electrons. The summed E-state index contributed by atoms with van der Waals surface area (Å²) >= 11 is 5.34. The molecular formula is C10H9IN2OS2. The third kappa shape index (κ3) is 3.02. The van der Waals surface area contributed by atoms with Crippen molar-refractivity contribution in [1.29, 1.82) is 0 Å². The molecule has 0 aromatic carbocycles. The molecule has 0 fully saturated rings. The molecule has 0 atom stereocenters. The van der Waals surface area contributed by atoms with Crippen LogP contribution in [0.3, 0.4) is 0 Å². The fourth-order valence-electron chi connectivity index (χ4n) is 1.17. The van der Waals surface area contributed by atoms with Crippen molar-refractivity contribution in [3.63, 3.8) is 0 Å². The number of rotatable bonds is 3. The Morgan fingerprint density at radius 2 is 2.31 bits per heavy atom. The predicted molar refractivity (Wildman–Crippen MR) is 75.1 cm³/mol. The quantitative estimate of drug-likeness (QED) is 0.851. The molecule has 0 saturated heterocycles. The van der Waals surface area contributed by atoms with Crippen molar-refractivity contribution in [1.82, 2.24) is 10.3 Å². The molecule has 3 nitrogen and oxygen atoms in total. The summed E-state index contributed by atoms with van der Waals surface area (Å²) in [6, 6.07) is 1.88. The number of hydrogen-bond donors (Lipinski definition) is 1. The first-order chi connectivity index (χ1) is 7.65. The van der Waals surface area contributed by atoms with E-state index in [9.17, 15) is 4.79 Å². The van der Waals surface area contributed by atoms with E-state index in [1.54, 1.807) is 22.7 Å². The summed E-state index contributed by atoms with van der Waals surface area (Å²) in [5.41, 5.74) is 1.72. The molecule has 1 N–H and O–H groups in total. The van der Waals surface area contributed by atoms with Crippen molar-refractivity contribution < 1.29 is 4.79 Å². The van der Waals surface area contributed by atoms with E-state index in [4.69, 9.17) is 0 Å². The van der Waals surface area contributed by atoms with Crippen LogP contribution in [0.2, 0.25) is 0 Å². The van der Waals surface area contributed by atoms with Crippen LogP contribution in [0, 0.1) is 9.81 Å². The van der Waals surface area contributed by atoms with Crippen molar-refractivity contribution in [3.8, 4) is 0 Å². The van der Waals surface area contributed by atoms with E-state index in [2.05, 4.69) is 32.9 Å². The maximum absolute atomic E-state index is 11.7. The molecule has 0 radical (unpaired) electrons. The highest BCUT2D eigenvalue weighted by Crippen LogP contribution is 2.16. The predicted octanol–water partition coefficient (Wildman–Crippen LogP) is 3.05. The first-order valence-corrected chi connectivity index (χ1v) is 7.42. The number of carbonyl (C=O) groups excluding carboxylic acids is 1. The monoisotopic (exact) mass is 364 g/mol. The second kappa shape index (κ2) is 5.24. The van der Waals surface area contributed by atoms with Gasteiger partial charge in [0, 0.05) is 16.5 Å². The van der Waals surface area contributed by atoms with Gasteiger partial charge in [-0.2, -0.15) is 0 Å². The highest BCUT2D eigenvalue weighted by Gasteiger charge is 2.08. The first-order valence-electron chi connectivity index (χ1n) is 4.58. The Kier molecular flexibility index (Phi) is 3.93. The normalized spacial score (nSPS) is 10.4. The van der Waals surface area contributed by atoms with Crippen LogP contribution < -0.4 is 5.32 Å². The first kappa shape index (κ1) is 12.0. The lowest BCUT2D eigenvalue weighted by atomic mass is 10.3. The summed E-state index contributed by atoms with van der Waals surface area (Å²) in [6.45, 7) is 2.45. The molecule has 2 heterocycles. The Balaban J connectivity index is 1.93. The number of hydrogen-bond acceptors (Lipinski definition) is 4. The highest BCUT2D eigenvalue weighted by atomic mass is 127. The smallest absolute Gasteiger partial charge is 0.252 e. The van der Waals surface area contributed by atoms with E-state index < -0.39 is 0 Å². The van der Waals surface area contributed by atoms with E-state index in [0.717, 1.165) is 19.1 Å². The van der Waals surface area contributed by atoms with Crippen LogP contribution in [0.15, 0.2) is 16.8 Å². The molecule has 6 heteroatoms. The summed E-state index contributed by atoms with van der Waals surface area (Å²) in [5, 5.41) is 7.64. The van der Waals surface area contributed by atoms with Crippen molar-refractivity contribution in [3.05, 3.63) is 36.0 Å². The third-order valence-corrected chi connectivity index (χ3v) is 4.65. The lowest BCUT2D eigenvalue weighted by molar-refractivity contribution is 0.0951. The van der Waals surface area contributed by atoms with E-state index in [-0.39, 0.29) is 5.91 Å². The SMILES string of the molecule is Cc1csc(CNC(=O)c2csc(I)c2)n1. The number of halogens is 1. The van der Waals surface area contributed by atoms with E-state index >= 15 is 0 Å². The molecule has 0 aliphatic heterocycles. The average Bonchev–Trinajstić information content (AvgIpc) is 2.84. The number of thiophene rings is 1. The van der Waals surface area contributed by atoms with Crippen molar-refractivity contribution >= 4 is 51.2 Å². The summed E-state index contributed by atoms with van der Waals surface area (Å²) in [5.74, 6) is -0.0352. The standard InChI is InChI=1S/C10H9IN2OS2/c1-6-4-16-9(13-6)3-12-10(14)7-2-8(11)15-5-7/h2,4-5H,3H2,1H3,(H,12,14). The van der Waals surface area contributed by atoms with Crippen LogP contribution in [-0.4, -0.2) is 10.9 Å². The van der Waals surface area contributed by atoms with Crippen LogP contribution >= 0.6 is 45.3 Å². The largest absolute Gasteiger partial charge is 0.345 e. The zero-order valence-electron chi connectivity index (χ0n) is 8.49. The molecule has 0 spiro atoms. The van der Waals surface area contributed by atoms with Gasteiger partial charge >= 0.3 is 0 Å². The summed E-state index contributed by atoms with van der Waals surface area (Å²) in [7, 11) is 0. The molecule has 2 aromatic rings. The second-order valence-electron chi connectivity index (χ2n) is 3.20. The number of carbonyl (C=O) groups is 1. The van der Waals surface area contributed by atoms with Gasteiger partial charge in [0.1, 0.15) is 5.01 Å². The minimum absolute atomic E-state index is 0.0352. The zero-order valence-corrected chi connectivity index (χ0v) is 12.3. The van der Waals surface area contributed by atoms with E-state index in [1.807, 2.05) is 23.8 Å². The molecule has 2 aromatic heterocycles. The van der Waals surface area contributed by atoms with Gasteiger partial charge in [0.25, 0.3) is 5.91 Å². The summed E-state index contributed by atoms with van der Waals surface area (Å²) < 4.78 is 1.12. The van der Waals surface area contributed by atoms with Crippen LogP contribution in [0.5, 0.6) is 0 Å². The van der Waals surface area contributed by atoms with Crippen LogP contribution in [0.4, 0.5) is 0 Å². The van der Waals surface area contributed by atoms with E-state index in [1.165, 1.54) is 0 Å². The third-order valence-electron chi connectivity index (χ3n) is 1.90. The number of aryl methyl sites for hydroxylation is 1. The van der Waals surface area contributed by atoms with Crippen molar-refractivity contribution in [2.75, 3.05) is 0 Å². The molecule has 0 aliphatic rings. The Hall–Kier alpha value is -0.470. The molecule has 2 rings (SSSR count). The van der Waals surface area contributed by atoms with Gasteiger partial charge in [0.05, 0.1) is 15.0 Å². The zero-order chi connectivity index (χ0) is 11.5. The molecule has 1 amide bonds. The van der Waals surface area contributed by atoms with Gasteiger partial charge in [-0.1, -0.05) is 0 Å². The van der Waals surface area contributed by atoms with Gasteiger partial charge in [-0.15, -0.1) is 22.7 Å². The van der Waals surface area contributed by atoms with Gasteiger partial charge in [-0.05, 0) is 35.6 Å². The van der Waals surface area contributed by atoms with E-state index in [0.29, 0.717) is 6.54 Å². The summed E-state index contributed by atoms with van der Waals surface area (Å²) in [6.07, 6.45) is 0. The Morgan fingerprint density at radius 3 is 2.88 bits per heavy atom. The molecule has 16 heavy (non-hydrogen) atoms. The van der Waals surface area contributed by atoms with Gasteiger partial charge in [-0.25, -0.2) is 4.98 Å². The molecule has 0 saturated carbocycles. The Morgan fingerprint density at radius 1 is 1.50 bits per heavy atom. The maximum atomic E-state index is 11.7. The number of nitrogens with one attached hydrogen (secondary N) is 1.